The van der Waals surface area contributed by atoms with Gasteiger partial charge in [-0.1, -0.05) is 30.3 Å². The maximum Gasteiger partial charge on any atom is 0.228 e. The van der Waals surface area contributed by atoms with Crippen molar-refractivity contribution in [2.45, 2.75) is 0 Å². The van der Waals surface area contributed by atoms with Crippen molar-refractivity contribution in [2.24, 2.45) is 7.05 Å². The molecule has 96 valence electrons. The highest BCUT2D eigenvalue weighted by Gasteiger charge is 2.17. The Labute approximate surface area is 115 Å². The summed E-state index contributed by atoms with van der Waals surface area (Å²) in [7, 11) is 1.78. The van der Waals surface area contributed by atoms with Crippen molar-refractivity contribution in [1.29, 1.82) is 5.26 Å². The van der Waals surface area contributed by atoms with Gasteiger partial charge in [0.05, 0.1) is 22.7 Å². The van der Waals surface area contributed by atoms with Crippen LogP contribution >= 0.6 is 0 Å². The van der Waals surface area contributed by atoms with Gasteiger partial charge in [0.1, 0.15) is 0 Å². The minimum atomic E-state index is -0.122. The van der Waals surface area contributed by atoms with Crippen LogP contribution in [0.4, 0.5) is 0 Å². The lowest BCUT2D eigenvalue weighted by Crippen LogP contribution is -2.08. The second-order valence-electron chi connectivity index (χ2n) is 4.50. The van der Waals surface area contributed by atoms with Crippen LogP contribution in [0.3, 0.4) is 0 Å². The lowest BCUT2D eigenvalue weighted by Gasteiger charge is -2.01. The third-order valence-electron chi connectivity index (χ3n) is 3.25. The van der Waals surface area contributed by atoms with Crippen LogP contribution in [0.25, 0.3) is 11.0 Å². The molecule has 4 nitrogen and oxygen atoms in total. The van der Waals surface area contributed by atoms with E-state index in [0.717, 1.165) is 5.52 Å². The van der Waals surface area contributed by atoms with E-state index in [0.29, 0.717) is 22.5 Å². The van der Waals surface area contributed by atoms with Gasteiger partial charge in [0, 0.05) is 12.6 Å². The van der Waals surface area contributed by atoms with Gasteiger partial charge in [-0.05, 0) is 18.2 Å². The van der Waals surface area contributed by atoms with Gasteiger partial charge in [-0.25, -0.2) is 4.98 Å². The zero-order valence-electron chi connectivity index (χ0n) is 10.9. The van der Waals surface area contributed by atoms with Crippen molar-refractivity contribution in [3.8, 4) is 6.07 Å². The lowest BCUT2D eigenvalue weighted by atomic mass is 10.1. The number of fused-ring (bicyclic) bond motifs is 1. The zero-order chi connectivity index (χ0) is 14.1. The van der Waals surface area contributed by atoms with Crippen LogP contribution < -0.4 is 0 Å². The molecule has 0 saturated heterocycles. The first kappa shape index (κ1) is 12.1. The molecular formula is C16H11N3O. The molecule has 3 aromatic rings. The van der Waals surface area contributed by atoms with E-state index >= 15 is 0 Å². The second kappa shape index (κ2) is 4.63. The average molecular weight is 261 g/mol. The molecule has 0 amide bonds. The van der Waals surface area contributed by atoms with Crippen LogP contribution in [0.2, 0.25) is 0 Å². The van der Waals surface area contributed by atoms with Crippen LogP contribution in [0, 0.1) is 11.3 Å². The number of hydrogen-bond donors (Lipinski definition) is 0. The number of imidazole rings is 1. The fourth-order valence-corrected chi connectivity index (χ4v) is 2.18. The molecule has 3 rings (SSSR count). The SMILES string of the molecule is Cn1c(C(=O)c2ccccc2)nc2ccc(C#N)cc21. The Hall–Kier alpha value is -2.93. The van der Waals surface area contributed by atoms with E-state index in [1.165, 1.54) is 0 Å². The molecule has 0 unspecified atom stereocenters. The Morgan fingerprint density at radius 1 is 1.20 bits per heavy atom. The molecule has 0 aliphatic heterocycles. The van der Waals surface area contributed by atoms with Crippen LogP contribution in [-0.4, -0.2) is 15.3 Å². The van der Waals surface area contributed by atoms with Crippen LogP contribution in [0.5, 0.6) is 0 Å². The maximum atomic E-state index is 12.4. The van der Waals surface area contributed by atoms with E-state index < -0.39 is 0 Å². The molecule has 1 aromatic heterocycles. The molecule has 0 radical (unpaired) electrons. The van der Waals surface area contributed by atoms with Gasteiger partial charge in [-0.15, -0.1) is 0 Å². The number of carbonyl (C=O) groups excluding carboxylic acids is 1. The summed E-state index contributed by atoms with van der Waals surface area (Å²) in [5.74, 6) is 0.254. The van der Waals surface area contributed by atoms with Gasteiger partial charge in [-0.3, -0.25) is 4.79 Å². The van der Waals surface area contributed by atoms with E-state index in [1.807, 2.05) is 18.2 Å². The molecule has 0 bridgehead atoms. The lowest BCUT2D eigenvalue weighted by molar-refractivity contribution is 0.102. The van der Waals surface area contributed by atoms with E-state index in [9.17, 15) is 4.79 Å². The summed E-state index contributed by atoms with van der Waals surface area (Å²) >= 11 is 0. The first-order valence-electron chi connectivity index (χ1n) is 6.17. The normalized spacial score (nSPS) is 10.4. The number of rotatable bonds is 2. The molecule has 0 N–H and O–H groups in total. The maximum absolute atomic E-state index is 12.4. The third-order valence-corrected chi connectivity index (χ3v) is 3.25. The van der Waals surface area contributed by atoms with Crippen molar-refractivity contribution in [1.82, 2.24) is 9.55 Å². The molecule has 0 aliphatic carbocycles. The summed E-state index contributed by atoms with van der Waals surface area (Å²) in [5.41, 5.74) is 2.65. The molecule has 0 atom stereocenters. The Kier molecular flexibility index (Phi) is 2.81. The zero-order valence-corrected chi connectivity index (χ0v) is 10.9. The number of hydrogen-bond acceptors (Lipinski definition) is 3. The van der Waals surface area contributed by atoms with Gasteiger partial charge >= 0.3 is 0 Å². The quantitative estimate of drug-likeness (QED) is 0.666. The third kappa shape index (κ3) is 1.86. The first-order chi connectivity index (χ1) is 9.70. The summed E-state index contributed by atoms with van der Waals surface area (Å²) in [6.07, 6.45) is 0. The molecule has 4 heteroatoms. The van der Waals surface area contributed by atoms with Crippen molar-refractivity contribution < 1.29 is 4.79 Å². The van der Waals surface area contributed by atoms with Crippen LogP contribution in [-0.2, 0) is 7.05 Å². The van der Waals surface area contributed by atoms with E-state index in [4.69, 9.17) is 5.26 Å². The number of aryl methyl sites for hydroxylation is 1. The molecule has 0 fully saturated rings. The van der Waals surface area contributed by atoms with Gasteiger partial charge in [-0.2, -0.15) is 5.26 Å². The van der Waals surface area contributed by atoms with Crippen molar-refractivity contribution in [3.05, 3.63) is 65.5 Å². The number of carbonyl (C=O) groups is 1. The predicted molar refractivity (Wildman–Crippen MR) is 75.3 cm³/mol. The molecule has 20 heavy (non-hydrogen) atoms. The van der Waals surface area contributed by atoms with E-state index in [-0.39, 0.29) is 5.78 Å². The van der Waals surface area contributed by atoms with E-state index in [2.05, 4.69) is 11.1 Å². The van der Waals surface area contributed by atoms with Gasteiger partial charge < -0.3 is 4.57 Å². The summed E-state index contributed by atoms with van der Waals surface area (Å²) < 4.78 is 1.73. The molecule has 0 spiro atoms. The first-order valence-corrected chi connectivity index (χ1v) is 6.17. The number of nitriles is 1. The van der Waals surface area contributed by atoms with Gasteiger partial charge in [0.15, 0.2) is 5.82 Å². The number of ketones is 1. The molecule has 0 aliphatic rings. The van der Waals surface area contributed by atoms with E-state index in [1.54, 1.807) is 41.9 Å². The standard InChI is InChI=1S/C16H11N3O/c1-19-14-9-11(10-17)7-8-13(14)18-16(19)15(20)12-5-3-2-4-6-12/h2-9H,1H3. The molecule has 2 aromatic carbocycles. The fourth-order valence-electron chi connectivity index (χ4n) is 2.18. The summed E-state index contributed by atoms with van der Waals surface area (Å²) in [4.78, 5) is 16.8. The average Bonchev–Trinajstić information content (AvgIpc) is 2.84. The smallest absolute Gasteiger partial charge is 0.228 e. The number of aromatic nitrogens is 2. The monoisotopic (exact) mass is 261 g/mol. The summed E-state index contributed by atoms with van der Waals surface area (Å²) in [6.45, 7) is 0. The Morgan fingerprint density at radius 2 is 1.95 bits per heavy atom. The van der Waals surface area contributed by atoms with Crippen molar-refractivity contribution in [2.75, 3.05) is 0 Å². The molecule has 0 saturated carbocycles. The number of benzene rings is 2. The minimum absolute atomic E-state index is 0.122. The van der Waals surface area contributed by atoms with Crippen molar-refractivity contribution in [3.63, 3.8) is 0 Å². The fraction of sp³-hybridized carbons (Fsp3) is 0.0625. The van der Waals surface area contributed by atoms with Gasteiger partial charge in [0.25, 0.3) is 0 Å². The largest absolute Gasteiger partial charge is 0.324 e. The predicted octanol–water partition coefficient (Wildman–Crippen LogP) is 2.68. The topological polar surface area (TPSA) is 58.7 Å². The van der Waals surface area contributed by atoms with Crippen molar-refractivity contribution >= 4 is 16.8 Å². The Morgan fingerprint density at radius 3 is 2.65 bits per heavy atom. The Balaban J connectivity index is 2.16. The molecular weight excluding hydrogens is 250 g/mol. The summed E-state index contributed by atoms with van der Waals surface area (Å²) in [5, 5.41) is 8.94. The van der Waals surface area contributed by atoms with Crippen LogP contribution in [0.1, 0.15) is 21.7 Å². The second-order valence-corrected chi connectivity index (χ2v) is 4.50. The Bertz CT molecular complexity index is 841. The molecule has 1 heterocycles. The highest BCUT2D eigenvalue weighted by molar-refractivity contribution is 6.08. The minimum Gasteiger partial charge on any atom is -0.324 e. The van der Waals surface area contributed by atoms with Crippen LogP contribution in [0.15, 0.2) is 48.5 Å². The highest BCUT2D eigenvalue weighted by Crippen LogP contribution is 2.18. The van der Waals surface area contributed by atoms with Gasteiger partial charge in [0.2, 0.25) is 5.78 Å². The summed E-state index contributed by atoms with van der Waals surface area (Å²) in [6, 6.07) is 16.3. The number of nitrogens with zero attached hydrogens (tertiary/aromatic N) is 3. The highest BCUT2D eigenvalue weighted by atomic mass is 16.1.